The van der Waals surface area contributed by atoms with E-state index in [0.717, 1.165) is 51.4 Å². The third kappa shape index (κ3) is 28.2. The quantitative estimate of drug-likeness (QED) is 0.0305. The molecule has 43 heavy (non-hydrogen) atoms. The molecule has 2 unspecified atom stereocenters. The normalized spacial score (nSPS) is 15.2. The smallest absolute Gasteiger partial charge is 0.462 e. The Labute approximate surface area is 257 Å². The Bertz CT molecular complexity index is 910. The van der Waals surface area contributed by atoms with Crippen LogP contribution >= 0.6 is 7.82 Å². The van der Waals surface area contributed by atoms with Crippen molar-refractivity contribution < 1.29 is 47.8 Å². The lowest BCUT2D eigenvalue weighted by molar-refractivity contribution is -0.161. The number of esters is 2. The maximum atomic E-state index is 12.4. The third-order valence-corrected chi connectivity index (χ3v) is 6.71. The van der Waals surface area contributed by atoms with E-state index in [1.165, 1.54) is 0 Å². The molecule has 0 bridgehead atoms. The van der Waals surface area contributed by atoms with Gasteiger partial charge in [0.15, 0.2) is 6.10 Å². The first-order valence-electron chi connectivity index (χ1n) is 15.3. The number of carbonyl (C=O) groups excluding carboxylic acids is 2. The lowest BCUT2D eigenvalue weighted by atomic mass is 10.1. The van der Waals surface area contributed by atoms with Crippen molar-refractivity contribution >= 4 is 19.8 Å². The highest BCUT2D eigenvalue weighted by Gasteiger charge is 2.27. The Morgan fingerprint density at radius 2 is 1.35 bits per heavy atom. The fraction of sp³-hybridized carbons (Fsp3) is 0.625. The van der Waals surface area contributed by atoms with Crippen LogP contribution in [0.25, 0.3) is 0 Å². The molecule has 3 N–H and O–H groups in total. The van der Waals surface area contributed by atoms with Crippen molar-refractivity contribution in [2.24, 2.45) is 0 Å². The number of ether oxygens (including phenoxy) is 2. The van der Waals surface area contributed by atoms with Crippen LogP contribution in [0.2, 0.25) is 0 Å². The summed E-state index contributed by atoms with van der Waals surface area (Å²) in [5, 5.41) is 18.1. The van der Waals surface area contributed by atoms with Gasteiger partial charge in [0.2, 0.25) is 0 Å². The number of phosphoric ester groups is 1. The largest absolute Gasteiger partial charge is 0.472 e. The Kier molecular flexibility index (Phi) is 26.9. The van der Waals surface area contributed by atoms with Crippen LogP contribution in [0.5, 0.6) is 0 Å². The molecule has 0 aliphatic carbocycles. The predicted molar refractivity (Wildman–Crippen MR) is 168 cm³/mol. The second-order valence-corrected chi connectivity index (χ2v) is 11.3. The predicted octanol–water partition coefficient (Wildman–Crippen LogP) is 6.43. The van der Waals surface area contributed by atoms with E-state index in [1.54, 1.807) is 0 Å². The molecular weight excluding hydrogens is 575 g/mol. The van der Waals surface area contributed by atoms with Gasteiger partial charge in [0, 0.05) is 12.8 Å². The standard InChI is InChI=1S/C32H53O10P/c1-3-5-7-9-11-12-13-14-15-16-18-20-22-24-32(36)42-30(28-41-43(37,38)40-26-29(34)25-33)27-39-31(35)23-21-19-17-10-8-6-4-2/h5,7,9,11-15,17,19,29-30,33-34H,3-4,6,8,10,16,18,20-28H2,1-2H3,(H,37,38)/b7-5+,11-9+,13-12+,15-14+,19-17+/t29-,30?/m0/s1. The molecule has 10 nitrogen and oxygen atoms in total. The van der Waals surface area contributed by atoms with Gasteiger partial charge in [-0.05, 0) is 44.9 Å². The Morgan fingerprint density at radius 3 is 2.05 bits per heavy atom. The molecule has 0 aliphatic rings. The molecule has 0 aliphatic heterocycles. The minimum atomic E-state index is -4.62. The fourth-order valence-electron chi connectivity index (χ4n) is 3.37. The van der Waals surface area contributed by atoms with E-state index in [4.69, 9.17) is 19.1 Å². The van der Waals surface area contributed by atoms with Gasteiger partial charge in [-0.3, -0.25) is 18.6 Å². The van der Waals surface area contributed by atoms with Crippen molar-refractivity contribution in [2.45, 2.75) is 103 Å². The number of hydrogen-bond donors (Lipinski definition) is 3. The van der Waals surface area contributed by atoms with Gasteiger partial charge >= 0.3 is 19.8 Å². The number of allylic oxidation sites excluding steroid dienone is 10. The van der Waals surface area contributed by atoms with E-state index >= 15 is 0 Å². The van der Waals surface area contributed by atoms with Crippen LogP contribution in [-0.2, 0) is 32.7 Å². The molecule has 0 aromatic rings. The van der Waals surface area contributed by atoms with E-state index in [1.807, 2.05) is 48.6 Å². The molecule has 11 heteroatoms. The zero-order chi connectivity index (χ0) is 32.0. The van der Waals surface area contributed by atoms with Gasteiger partial charge in [-0.1, -0.05) is 93.9 Å². The summed E-state index contributed by atoms with van der Waals surface area (Å²) in [6.45, 7) is 2.01. The summed E-state index contributed by atoms with van der Waals surface area (Å²) < 4.78 is 32.2. The second kappa shape index (κ2) is 28.4. The van der Waals surface area contributed by atoms with E-state index in [9.17, 15) is 24.2 Å². The lowest BCUT2D eigenvalue weighted by Crippen LogP contribution is -2.29. The van der Waals surface area contributed by atoms with E-state index in [2.05, 4.69) is 30.5 Å². The van der Waals surface area contributed by atoms with Crippen LogP contribution in [0, 0.1) is 0 Å². The zero-order valence-corrected chi connectivity index (χ0v) is 26.8. The summed E-state index contributed by atoms with van der Waals surface area (Å²) in [7, 11) is -4.62. The summed E-state index contributed by atoms with van der Waals surface area (Å²) in [5.41, 5.74) is 0. The summed E-state index contributed by atoms with van der Waals surface area (Å²) >= 11 is 0. The average Bonchev–Trinajstić information content (AvgIpc) is 2.99. The number of phosphoric acid groups is 1. The van der Waals surface area contributed by atoms with Crippen molar-refractivity contribution in [3.8, 4) is 0 Å². The summed E-state index contributed by atoms with van der Waals surface area (Å²) in [6, 6.07) is 0. The molecule has 0 fully saturated rings. The average molecular weight is 629 g/mol. The van der Waals surface area contributed by atoms with Crippen LogP contribution in [0.15, 0.2) is 60.8 Å². The van der Waals surface area contributed by atoms with Gasteiger partial charge < -0.3 is 24.6 Å². The zero-order valence-electron chi connectivity index (χ0n) is 25.9. The molecule has 246 valence electrons. The molecule has 0 rings (SSSR count). The van der Waals surface area contributed by atoms with Crippen LogP contribution in [0.1, 0.15) is 90.9 Å². The first kappa shape index (κ1) is 40.7. The number of carbonyl (C=O) groups is 2. The van der Waals surface area contributed by atoms with Gasteiger partial charge in [0.1, 0.15) is 12.7 Å². The first-order chi connectivity index (χ1) is 20.7. The molecule has 0 radical (unpaired) electrons. The van der Waals surface area contributed by atoms with Crippen LogP contribution < -0.4 is 0 Å². The highest BCUT2D eigenvalue weighted by atomic mass is 31.2. The Hall–Kier alpha value is -2.33. The SMILES string of the molecule is CC/C=C/C=C/C=C/C=C/CCCCCC(=O)OC(COC(=O)CC/C=C/CCCCC)COP(=O)(O)OC[C@@H](O)CO. The summed E-state index contributed by atoms with van der Waals surface area (Å²) in [5.74, 6) is -1.05. The van der Waals surface area contributed by atoms with Crippen molar-refractivity contribution in [3.05, 3.63) is 60.8 Å². The van der Waals surface area contributed by atoms with Gasteiger partial charge in [-0.15, -0.1) is 0 Å². The Balaban J connectivity index is 4.62. The number of aliphatic hydroxyl groups is 2. The molecule has 0 saturated carbocycles. The number of rotatable bonds is 27. The molecule has 0 saturated heterocycles. The van der Waals surface area contributed by atoms with E-state index in [0.29, 0.717) is 12.8 Å². The number of unbranched alkanes of at least 4 members (excludes halogenated alkanes) is 6. The minimum Gasteiger partial charge on any atom is -0.462 e. The van der Waals surface area contributed by atoms with Crippen LogP contribution in [-0.4, -0.2) is 65.7 Å². The molecule has 0 heterocycles. The van der Waals surface area contributed by atoms with Crippen molar-refractivity contribution in [1.82, 2.24) is 0 Å². The Morgan fingerprint density at radius 1 is 0.721 bits per heavy atom. The summed E-state index contributed by atoms with van der Waals surface area (Å²) in [6.07, 6.45) is 26.8. The maximum absolute atomic E-state index is 12.4. The van der Waals surface area contributed by atoms with Crippen molar-refractivity contribution in [2.75, 3.05) is 26.4 Å². The topological polar surface area (TPSA) is 149 Å². The summed E-state index contributed by atoms with van der Waals surface area (Å²) in [4.78, 5) is 34.4. The monoisotopic (exact) mass is 628 g/mol. The molecule has 0 spiro atoms. The molecule has 3 atom stereocenters. The van der Waals surface area contributed by atoms with Gasteiger partial charge in [0.25, 0.3) is 0 Å². The van der Waals surface area contributed by atoms with Crippen LogP contribution in [0.3, 0.4) is 0 Å². The number of hydrogen-bond acceptors (Lipinski definition) is 9. The van der Waals surface area contributed by atoms with Crippen LogP contribution in [0.4, 0.5) is 0 Å². The molecular formula is C32H53O10P. The van der Waals surface area contributed by atoms with Crippen molar-refractivity contribution in [1.29, 1.82) is 0 Å². The highest BCUT2D eigenvalue weighted by molar-refractivity contribution is 7.47. The minimum absolute atomic E-state index is 0.128. The van der Waals surface area contributed by atoms with E-state index < -0.39 is 51.8 Å². The second-order valence-electron chi connectivity index (χ2n) is 9.83. The maximum Gasteiger partial charge on any atom is 0.472 e. The number of aliphatic hydroxyl groups excluding tert-OH is 2. The van der Waals surface area contributed by atoms with Gasteiger partial charge in [-0.25, -0.2) is 4.57 Å². The highest BCUT2D eigenvalue weighted by Crippen LogP contribution is 2.43. The fourth-order valence-corrected chi connectivity index (χ4v) is 4.16. The van der Waals surface area contributed by atoms with E-state index in [-0.39, 0.29) is 19.4 Å². The van der Waals surface area contributed by atoms with Crippen molar-refractivity contribution in [3.63, 3.8) is 0 Å². The molecule has 0 aromatic heterocycles. The van der Waals surface area contributed by atoms with Gasteiger partial charge in [-0.2, -0.15) is 0 Å². The molecule has 0 amide bonds. The first-order valence-corrected chi connectivity index (χ1v) is 16.8. The lowest BCUT2D eigenvalue weighted by Gasteiger charge is -2.20. The third-order valence-electron chi connectivity index (χ3n) is 5.76. The van der Waals surface area contributed by atoms with Gasteiger partial charge in [0.05, 0.1) is 19.8 Å². The molecule has 0 aromatic carbocycles.